The first-order chi connectivity index (χ1) is 12.5. The average molecular weight is 378 g/mol. The summed E-state index contributed by atoms with van der Waals surface area (Å²) in [5, 5.41) is 9.39. The Labute approximate surface area is 158 Å². The zero-order chi connectivity index (χ0) is 18.7. The fourth-order valence-corrected chi connectivity index (χ4v) is 4.23. The molecule has 142 valence electrons. The largest absolute Gasteiger partial charge is 0.467 e. The van der Waals surface area contributed by atoms with E-state index in [1.54, 1.807) is 25.3 Å². The zero-order valence-electron chi connectivity index (χ0n) is 15.9. The minimum atomic E-state index is -0.224. The number of nitrogens with zero attached hydrogens (tertiary/aromatic N) is 5. The number of rotatable bonds is 6. The Morgan fingerprint density at radius 1 is 1.46 bits per heavy atom. The SMILES string of the molecule is CC1CCCN(c2nnc(SC(C)C(=O)N(C)C)n2Cc2ccco2)C1. The maximum absolute atomic E-state index is 12.2. The quantitative estimate of drug-likeness (QED) is 0.721. The number of amides is 1. The molecule has 0 saturated carbocycles. The second kappa shape index (κ2) is 8.16. The van der Waals surface area contributed by atoms with Crippen molar-refractivity contribution in [2.75, 3.05) is 32.1 Å². The molecule has 2 aromatic rings. The summed E-state index contributed by atoms with van der Waals surface area (Å²) in [7, 11) is 3.54. The molecule has 8 heteroatoms. The second-order valence-corrected chi connectivity index (χ2v) is 8.44. The third-order valence-electron chi connectivity index (χ3n) is 4.60. The molecule has 0 bridgehead atoms. The van der Waals surface area contributed by atoms with E-state index in [1.165, 1.54) is 18.2 Å². The number of hydrogen-bond acceptors (Lipinski definition) is 6. The lowest BCUT2D eigenvalue weighted by atomic mass is 10.0. The van der Waals surface area contributed by atoms with E-state index < -0.39 is 0 Å². The summed E-state index contributed by atoms with van der Waals surface area (Å²) in [6.45, 7) is 6.70. The number of hydrogen-bond donors (Lipinski definition) is 0. The van der Waals surface area contributed by atoms with E-state index in [0.717, 1.165) is 36.4 Å². The number of carbonyl (C=O) groups is 1. The third kappa shape index (κ3) is 4.23. The van der Waals surface area contributed by atoms with Gasteiger partial charge in [-0.15, -0.1) is 10.2 Å². The molecule has 1 saturated heterocycles. The van der Waals surface area contributed by atoms with Gasteiger partial charge in [0.25, 0.3) is 0 Å². The van der Waals surface area contributed by atoms with Gasteiger partial charge in [-0.25, -0.2) is 0 Å². The van der Waals surface area contributed by atoms with Gasteiger partial charge in [0, 0.05) is 27.2 Å². The van der Waals surface area contributed by atoms with Gasteiger partial charge in [0.2, 0.25) is 11.9 Å². The standard InChI is InChI=1S/C18H27N5O2S/c1-13-7-5-9-22(11-13)17-19-20-18(26-14(2)16(24)21(3)4)23(17)12-15-8-6-10-25-15/h6,8,10,13-14H,5,7,9,11-12H2,1-4H3. The lowest BCUT2D eigenvalue weighted by Gasteiger charge is -2.31. The van der Waals surface area contributed by atoms with Gasteiger partial charge in [0.15, 0.2) is 5.16 Å². The molecule has 2 atom stereocenters. The summed E-state index contributed by atoms with van der Waals surface area (Å²) in [5.41, 5.74) is 0. The fourth-order valence-electron chi connectivity index (χ4n) is 3.24. The monoisotopic (exact) mass is 377 g/mol. The van der Waals surface area contributed by atoms with Crippen molar-refractivity contribution in [3.05, 3.63) is 24.2 Å². The minimum absolute atomic E-state index is 0.0655. The maximum Gasteiger partial charge on any atom is 0.235 e. The Morgan fingerprint density at radius 3 is 2.92 bits per heavy atom. The molecule has 0 aliphatic carbocycles. The van der Waals surface area contributed by atoms with Gasteiger partial charge >= 0.3 is 0 Å². The Kier molecular flexibility index (Phi) is 5.90. The number of aromatic nitrogens is 3. The van der Waals surface area contributed by atoms with Crippen LogP contribution in [0.4, 0.5) is 5.95 Å². The molecule has 1 fully saturated rings. The molecule has 0 spiro atoms. The highest BCUT2D eigenvalue weighted by atomic mass is 32.2. The van der Waals surface area contributed by atoms with Gasteiger partial charge in [-0.05, 0) is 37.8 Å². The molecule has 1 aliphatic rings. The molecular weight excluding hydrogens is 350 g/mol. The van der Waals surface area contributed by atoms with Crippen LogP contribution in [0.5, 0.6) is 0 Å². The van der Waals surface area contributed by atoms with Crippen molar-refractivity contribution in [1.82, 2.24) is 19.7 Å². The fraction of sp³-hybridized carbons (Fsp3) is 0.611. The van der Waals surface area contributed by atoms with Crippen LogP contribution in [0.15, 0.2) is 28.0 Å². The highest BCUT2D eigenvalue weighted by Gasteiger charge is 2.26. The lowest BCUT2D eigenvalue weighted by molar-refractivity contribution is -0.127. The van der Waals surface area contributed by atoms with Crippen molar-refractivity contribution in [3.63, 3.8) is 0 Å². The van der Waals surface area contributed by atoms with Crippen LogP contribution >= 0.6 is 11.8 Å². The summed E-state index contributed by atoms with van der Waals surface area (Å²) in [6, 6.07) is 3.83. The first-order valence-corrected chi connectivity index (χ1v) is 9.92. The molecule has 26 heavy (non-hydrogen) atoms. The molecular formula is C18H27N5O2S. The van der Waals surface area contributed by atoms with Crippen molar-refractivity contribution in [2.24, 2.45) is 5.92 Å². The normalized spacial score (nSPS) is 18.8. The Hall–Kier alpha value is -1.96. The summed E-state index contributed by atoms with van der Waals surface area (Å²) in [4.78, 5) is 16.2. The van der Waals surface area contributed by atoms with Gasteiger partial charge in [-0.2, -0.15) is 0 Å². The Bertz CT molecular complexity index is 728. The van der Waals surface area contributed by atoms with E-state index in [-0.39, 0.29) is 11.2 Å². The van der Waals surface area contributed by atoms with Crippen LogP contribution < -0.4 is 4.90 Å². The van der Waals surface area contributed by atoms with Crippen molar-refractivity contribution in [3.8, 4) is 0 Å². The van der Waals surface area contributed by atoms with Gasteiger partial charge < -0.3 is 14.2 Å². The first-order valence-electron chi connectivity index (χ1n) is 9.04. The highest BCUT2D eigenvalue weighted by molar-refractivity contribution is 8.00. The summed E-state index contributed by atoms with van der Waals surface area (Å²) in [6.07, 6.45) is 4.08. The van der Waals surface area contributed by atoms with Crippen LogP contribution in [0, 0.1) is 5.92 Å². The van der Waals surface area contributed by atoms with Gasteiger partial charge in [0.1, 0.15) is 5.76 Å². The molecule has 1 amide bonds. The number of carbonyl (C=O) groups excluding carboxylic acids is 1. The van der Waals surface area contributed by atoms with Crippen LogP contribution in [-0.4, -0.2) is 58.0 Å². The van der Waals surface area contributed by atoms with E-state index in [0.29, 0.717) is 12.5 Å². The summed E-state index contributed by atoms with van der Waals surface area (Å²) < 4.78 is 7.61. The molecule has 1 aliphatic heterocycles. The van der Waals surface area contributed by atoms with Crippen molar-refractivity contribution < 1.29 is 9.21 Å². The third-order valence-corrected chi connectivity index (χ3v) is 5.67. The van der Waals surface area contributed by atoms with Crippen LogP contribution in [0.1, 0.15) is 32.4 Å². The van der Waals surface area contributed by atoms with Crippen molar-refractivity contribution in [1.29, 1.82) is 0 Å². The predicted octanol–water partition coefficient (Wildman–Crippen LogP) is 2.72. The zero-order valence-corrected chi connectivity index (χ0v) is 16.7. The lowest BCUT2D eigenvalue weighted by Crippen LogP contribution is -2.36. The van der Waals surface area contributed by atoms with E-state index in [9.17, 15) is 4.79 Å². The van der Waals surface area contributed by atoms with Crippen LogP contribution in [0.3, 0.4) is 0 Å². The summed E-state index contributed by atoms with van der Waals surface area (Å²) in [5.74, 6) is 2.42. The summed E-state index contributed by atoms with van der Waals surface area (Å²) >= 11 is 1.44. The van der Waals surface area contributed by atoms with E-state index in [1.807, 2.05) is 19.1 Å². The molecule has 2 unspecified atom stereocenters. The molecule has 3 heterocycles. The van der Waals surface area contributed by atoms with E-state index in [4.69, 9.17) is 4.42 Å². The van der Waals surface area contributed by atoms with Gasteiger partial charge in [-0.3, -0.25) is 9.36 Å². The molecule has 7 nitrogen and oxygen atoms in total. The number of piperidine rings is 1. The van der Waals surface area contributed by atoms with Crippen molar-refractivity contribution in [2.45, 2.75) is 43.6 Å². The molecule has 3 rings (SSSR count). The van der Waals surface area contributed by atoms with Crippen LogP contribution in [-0.2, 0) is 11.3 Å². The van der Waals surface area contributed by atoms with Crippen LogP contribution in [0.2, 0.25) is 0 Å². The van der Waals surface area contributed by atoms with E-state index >= 15 is 0 Å². The highest BCUT2D eigenvalue weighted by Crippen LogP contribution is 2.29. The Balaban J connectivity index is 1.87. The number of furan rings is 1. The van der Waals surface area contributed by atoms with Crippen LogP contribution in [0.25, 0.3) is 0 Å². The van der Waals surface area contributed by atoms with Gasteiger partial charge in [0.05, 0.1) is 18.1 Å². The minimum Gasteiger partial charge on any atom is -0.467 e. The Morgan fingerprint density at radius 2 is 2.27 bits per heavy atom. The van der Waals surface area contributed by atoms with Crippen molar-refractivity contribution >= 4 is 23.6 Å². The average Bonchev–Trinajstić information content (AvgIpc) is 3.25. The predicted molar refractivity (Wildman–Crippen MR) is 102 cm³/mol. The molecule has 0 radical (unpaired) electrons. The first kappa shape index (κ1) is 18.8. The van der Waals surface area contributed by atoms with Gasteiger partial charge in [-0.1, -0.05) is 18.7 Å². The number of thioether (sulfide) groups is 1. The second-order valence-electron chi connectivity index (χ2n) is 7.13. The number of anilines is 1. The van der Waals surface area contributed by atoms with E-state index in [2.05, 4.69) is 26.6 Å². The molecule has 0 N–H and O–H groups in total. The smallest absolute Gasteiger partial charge is 0.235 e. The molecule has 2 aromatic heterocycles. The molecule has 0 aromatic carbocycles. The topological polar surface area (TPSA) is 67.4 Å². The maximum atomic E-state index is 12.2.